The van der Waals surface area contributed by atoms with Crippen molar-refractivity contribution in [2.75, 3.05) is 12.9 Å². The molecule has 0 unspecified atom stereocenters. The van der Waals surface area contributed by atoms with Crippen LogP contribution in [-0.4, -0.2) is 12.9 Å². The van der Waals surface area contributed by atoms with Gasteiger partial charge >= 0.3 is 0 Å². The molecule has 3 aliphatic rings. The third-order valence-corrected chi connectivity index (χ3v) is 8.01. The molecule has 6 rings (SSSR count). The van der Waals surface area contributed by atoms with Gasteiger partial charge in [0.2, 0.25) is 0 Å². The number of allylic oxidation sites excluding steroid dienone is 5. The predicted octanol–water partition coefficient (Wildman–Crippen LogP) is 8.04. The smallest absolute Gasteiger partial charge is 0.119 e. The number of benzene rings is 3. The number of hydrogen-bond acceptors (Lipinski definition) is 2. The minimum Gasteiger partial charge on any atom is -0.497 e. The van der Waals surface area contributed by atoms with E-state index in [2.05, 4.69) is 60.7 Å². The van der Waals surface area contributed by atoms with Gasteiger partial charge in [-0.25, -0.2) is 0 Å². The lowest BCUT2D eigenvalue weighted by atomic mass is 9.78. The van der Waals surface area contributed by atoms with Gasteiger partial charge in [-0.3, -0.25) is 0 Å². The molecule has 2 heteroatoms. The fraction of sp³-hybridized carbons (Fsp3) is 0.241. The summed E-state index contributed by atoms with van der Waals surface area (Å²) in [5.41, 5.74) is 10.1. The first-order valence-electron chi connectivity index (χ1n) is 11.3. The molecule has 0 amide bonds. The Morgan fingerprint density at radius 3 is 2.65 bits per heavy atom. The minimum absolute atomic E-state index is 0.908. The molecule has 0 atom stereocenters. The van der Waals surface area contributed by atoms with E-state index in [9.17, 15) is 0 Å². The average Bonchev–Trinajstić information content (AvgIpc) is 3.37. The van der Waals surface area contributed by atoms with Crippen LogP contribution >= 0.6 is 11.8 Å². The molecule has 0 saturated carbocycles. The van der Waals surface area contributed by atoms with Crippen LogP contribution in [0.15, 0.2) is 72.3 Å². The topological polar surface area (TPSA) is 9.23 Å². The van der Waals surface area contributed by atoms with Crippen LogP contribution < -0.4 is 4.74 Å². The predicted molar refractivity (Wildman–Crippen MR) is 135 cm³/mol. The van der Waals surface area contributed by atoms with Gasteiger partial charge in [0.1, 0.15) is 5.75 Å². The zero-order valence-corrected chi connectivity index (χ0v) is 18.7. The van der Waals surface area contributed by atoms with Crippen molar-refractivity contribution in [1.82, 2.24) is 0 Å². The van der Waals surface area contributed by atoms with Crippen molar-refractivity contribution in [1.29, 1.82) is 0 Å². The number of hydrogen-bond donors (Lipinski definition) is 0. The first-order chi connectivity index (χ1) is 15.3. The van der Waals surface area contributed by atoms with Gasteiger partial charge in [-0.05, 0) is 82.8 Å². The van der Waals surface area contributed by atoms with Gasteiger partial charge in [0.15, 0.2) is 0 Å². The van der Waals surface area contributed by atoms with Crippen molar-refractivity contribution in [3.8, 4) is 16.9 Å². The summed E-state index contributed by atoms with van der Waals surface area (Å²) in [5.74, 6) is 2.08. The fourth-order valence-electron chi connectivity index (χ4n) is 5.41. The number of thioether (sulfide) groups is 1. The van der Waals surface area contributed by atoms with Crippen molar-refractivity contribution in [3.05, 3.63) is 89.0 Å². The summed E-state index contributed by atoms with van der Waals surface area (Å²) in [7, 11) is 1.74. The molecule has 0 N–H and O–H groups in total. The standard InChI is InChI=1S/C29H26OS/c1-30-21-8-4-7-20(18-21)23-13-14-26-25-12-11-19-6-2-3-9-22(19)24(25)15-16-27(26)29(23)28-10-5-17-31-28/h3-4,7-10,13-16,18H,2,5-6,11-12,17H2,1H3. The Morgan fingerprint density at radius 2 is 1.77 bits per heavy atom. The second kappa shape index (κ2) is 7.76. The van der Waals surface area contributed by atoms with E-state index in [1.165, 1.54) is 74.1 Å². The van der Waals surface area contributed by atoms with Crippen LogP contribution in [0.5, 0.6) is 5.75 Å². The molecule has 3 aromatic carbocycles. The van der Waals surface area contributed by atoms with E-state index in [0.717, 1.165) is 18.6 Å². The van der Waals surface area contributed by atoms with Crippen LogP contribution in [0.2, 0.25) is 0 Å². The van der Waals surface area contributed by atoms with Crippen LogP contribution in [0.4, 0.5) is 0 Å². The molecule has 0 bridgehead atoms. The summed E-state index contributed by atoms with van der Waals surface area (Å²) in [6, 6.07) is 18.0. The van der Waals surface area contributed by atoms with Crippen LogP contribution in [0, 0.1) is 0 Å². The summed E-state index contributed by atoms with van der Waals surface area (Å²) < 4.78 is 5.52. The number of methoxy groups -OCH3 is 1. The third kappa shape index (κ3) is 3.16. The fourth-order valence-corrected chi connectivity index (χ4v) is 6.46. The van der Waals surface area contributed by atoms with Gasteiger partial charge in [0, 0.05) is 16.2 Å². The third-order valence-electron chi connectivity index (χ3n) is 6.89. The highest BCUT2D eigenvalue weighted by Gasteiger charge is 2.23. The summed E-state index contributed by atoms with van der Waals surface area (Å²) in [6.07, 6.45) is 13.1. The van der Waals surface area contributed by atoms with Gasteiger partial charge in [-0.15, -0.1) is 11.8 Å². The van der Waals surface area contributed by atoms with Gasteiger partial charge in [0.05, 0.1) is 7.11 Å². The molecule has 1 aliphatic heterocycles. The Labute approximate surface area is 188 Å². The number of rotatable bonds is 3. The lowest BCUT2D eigenvalue weighted by Gasteiger charge is -2.26. The first kappa shape index (κ1) is 19.0. The molecule has 0 aromatic heterocycles. The monoisotopic (exact) mass is 422 g/mol. The second-order valence-corrected chi connectivity index (χ2v) is 9.71. The van der Waals surface area contributed by atoms with Crippen molar-refractivity contribution < 1.29 is 4.74 Å². The van der Waals surface area contributed by atoms with E-state index in [1.54, 1.807) is 12.7 Å². The van der Waals surface area contributed by atoms with Crippen LogP contribution in [-0.2, 0) is 6.42 Å². The van der Waals surface area contributed by atoms with E-state index >= 15 is 0 Å². The summed E-state index contributed by atoms with van der Waals surface area (Å²) in [5, 5.41) is 2.82. The Bertz CT molecular complexity index is 1290. The van der Waals surface area contributed by atoms with Crippen molar-refractivity contribution in [2.24, 2.45) is 0 Å². The SMILES string of the molecule is COc1cccc(-c2ccc3c4c(ccc3c2C2=CCCS2)C2=C(CCC=C2)CC4)c1. The van der Waals surface area contributed by atoms with Gasteiger partial charge in [-0.1, -0.05) is 60.2 Å². The molecule has 31 heavy (non-hydrogen) atoms. The average molecular weight is 423 g/mol. The Morgan fingerprint density at radius 1 is 0.871 bits per heavy atom. The van der Waals surface area contributed by atoms with Gasteiger partial charge in [0.25, 0.3) is 0 Å². The Balaban J connectivity index is 1.61. The highest BCUT2D eigenvalue weighted by molar-refractivity contribution is 8.08. The zero-order chi connectivity index (χ0) is 20.8. The number of aryl methyl sites for hydroxylation is 1. The normalized spacial score (nSPS) is 17.5. The molecule has 1 nitrogen and oxygen atoms in total. The van der Waals surface area contributed by atoms with E-state index < -0.39 is 0 Å². The highest BCUT2D eigenvalue weighted by Crippen LogP contribution is 2.46. The number of fused-ring (bicyclic) bond motifs is 4. The number of ether oxygens (including phenoxy) is 1. The summed E-state index contributed by atoms with van der Waals surface area (Å²) in [4.78, 5) is 1.43. The molecule has 1 heterocycles. The van der Waals surface area contributed by atoms with Crippen LogP contribution in [0.3, 0.4) is 0 Å². The van der Waals surface area contributed by atoms with Crippen LogP contribution in [0.25, 0.3) is 32.4 Å². The second-order valence-electron chi connectivity index (χ2n) is 8.57. The molecule has 0 saturated heterocycles. The van der Waals surface area contributed by atoms with Crippen LogP contribution in [0.1, 0.15) is 42.4 Å². The molecule has 3 aromatic rings. The van der Waals surface area contributed by atoms with E-state index in [-0.39, 0.29) is 0 Å². The maximum Gasteiger partial charge on any atom is 0.119 e. The molecule has 0 radical (unpaired) electrons. The molecule has 154 valence electrons. The van der Waals surface area contributed by atoms with Gasteiger partial charge < -0.3 is 4.74 Å². The Kier molecular flexibility index (Phi) is 4.76. The first-order valence-corrected chi connectivity index (χ1v) is 12.3. The maximum atomic E-state index is 5.52. The lowest BCUT2D eigenvalue weighted by molar-refractivity contribution is 0.415. The van der Waals surface area contributed by atoms with E-state index in [1.807, 2.05) is 17.8 Å². The molecule has 0 spiro atoms. The van der Waals surface area contributed by atoms with Crippen molar-refractivity contribution >= 4 is 33.0 Å². The molecule has 2 aliphatic carbocycles. The minimum atomic E-state index is 0.908. The zero-order valence-electron chi connectivity index (χ0n) is 17.9. The van der Waals surface area contributed by atoms with Crippen molar-refractivity contribution in [3.63, 3.8) is 0 Å². The quantitative estimate of drug-likeness (QED) is 0.422. The van der Waals surface area contributed by atoms with E-state index in [0.29, 0.717) is 0 Å². The maximum absolute atomic E-state index is 5.52. The van der Waals surface area contributed by atoms with Gasteiger partial charge in [-0.2, -0.15) is 0 Å². The van der Waals surface area contributed by atoms with Crippen molar-refractivity contribution in [2.45, 2.75) is 32.1 Å². The largest absolute Gasteiger partial charge is 0.497 e. The molecular formula is C29H26OS. The molecule has 0 fully saturated rings. The van der Waals surface area contributed by atoms with E-state index in [4.69, 9.17) is 4.74 Å². The lowest BCUT2D eigenvalue weighted by Crippen LogP contribution is -2.07. The summed E-state index contributed by atoms with van der Waals surface area (Å²) >= 11 is 1.99. The summed E-state index contributed by atoms with van der Waals surface area (Å²) in [6.45, 7) is 0. The molecular weight excluding hydrogens is 396 g/mol. The highest BCUT2D eigenvalue weighted by atomic mass is 32.2. The Hall–Kier alpha value is -2.71.